The fourth-order valence-electron chi connectivity index (χ4n) is 2.02. The highest BCUT2D eigenvalue weighted by atomic mass is 35.5. The maximum Gasteiger partial charge on any atom is 0.315 e. The molecule has 0 aliphatic heterocycles. The third-order valence-electron chi connectivity index (χ3n) is 3.11. The van der Waals surface area contributed by atoms with Crippen molar-refractivity contribution >= 4 is 17.6 Å². The molecule has 22 heavy (non-hydrogen) atoms. The van der Waals surface area contributed by atoms with Gasteiger partial charge in [-0.3, -0.25) is 0 Å². The lowest BCUT2D eigenvalue weighted by Crippen LogP contribution is -2.39. The lowest BCUT2D eigenvalue weighted by atomic mass is 10.1. The summed E-state index contributed by atoms with van der Waals surface area (Å²) in [5.74, 6) is -0.138. The molecule has 0 spiro atoms. The van der Waals surface area contributed by atoms with Crippen LogP contribution in [0.15, 0.2) is 41.0 Å². The molecule has 0 radical (unpaired) electrons. The molecule has 2 amide bonds. The van der Waals surface area contributed by atoms with E-state index < -0.39 is 24.0 Å². The number of aliphatic hydroxyl groups excluding tert-OH is 1. The zero-order chi connectivity index (χ0) is 16.1. The van der Waals surface area contributed by atoms with Gasteiger partial charge >= 0.3 is 6.03 Å². The van der Waals surface area contributed by atoms with Gasteiger partial charge in [0.15, 0.2) is 0 Å². The van der Waals surface area contributed by atoms with Crippen LogP contribution in [0.2, 0.25) is 5.02 Å². The monoisotopic (exact) mass is 326 g/mol. The van der Waals surface area contributed by atoms with Crippen LogP contribution in [0.5, 0.6) is 0 Å². The number of hydrogen-bond donors (Lipinski definition) is 3. The molecular weight excluding hydrogens is 311 g/mol. The van der Waals surface area contributed by atoms with Crippen molar-refractivity contribution in [1.29, 1.82) is 0 Å². The van der Waals surface area contributed by atoms with Crippen LogP contribution in [0, 0.1) is 5.82 Å². The second kappa shape index (κ2) is 7.29. The Balaban J connectivity index is 1.89. The number of hydrogen-bond acceptors (Lipinski definition) is 3. The summed E-state index contributed by atoms with van der Waals surface area (Å²) in [6.45, 7) is 1.59. The van der Waals surface area contributed by atoms with Gasteiger partial charge < -0.3 is 20.2 Å². The first-order valence-electron chi connectivity index (χ1n) is 6.68. The first-order chi connectivity index (χ1) is 10.5. The molecule has 1 aromatic heterocycles. The molecule has 1 heterocycles. The van der Waals surface area contributed by atoms with Crippen molar-refractivity contribution in [1.82, 2.24) is 10.6 Å². The lowest BCUT2D eigenvalue weighted by Gasteiger charge is -2.17. The molecule has 2 unspecified atom stereocenters. The predicted octanol–water partition coefficient (Wildman–Crippen LogP) is 3.17. The van der Waals surface area contributed by atoms with Gasteiger partial charge in [-0.1, -0.05) is 17.7 Å². The van der Waals surface area contributed by atoms with Crippen molar-refractivity contribution < 1.29 is 18.7 Å². The van der Waals surface area contributed by atoms with Crippen LogP contribution in [-0.2, 0) is 0 Å². The SMILES string of the molecule is CC(NC(=O)NCC(O)c1ccco1)c1c(F)cccc1Cl. The van der Waals surface area contributed by atoms with Gasteiger partial charge in [0.05, 0.1) is 18.8 Å². The van der Waals surface area contributed by atoms with Crippen LogP contribution in [0.25, 0.3) is 0 Å². The Morgan fingerprint density at radius 1 is 1.41 bits per heavy atom. The Morgan fingerprint density at radius 3 is 2.82 bits per heavy atom. The summed E-state index contributed by atoms with van der Waals surface area (Å²) in [6.07, 6.45) is 0.481. The predicted molar refractivity (Wildman–Crippen MR) is 80.0 cm³/mol. The average Bonchev–Trinajstić information content (AvgIpc) is 2.98. The molecule has 7 heteroatoms. The highest BCUT2D eigenvalue weighted by Crippen LogP contribution is 2.25. The second-order valence-electron chi connectivity index (χ2n) is 4.74. The summed E-state index contributed by atoms with van der Waals surface area (Å²) in [7, 11) is 0. The first-order valence-corrected chi connectivity index (χ1v) is 7.06. The molecule has 0 bridgehead atoms. The number of nitrogens with one attached hydrogen (secondary N) is 2. The minimum atomic E-state index is -0.951. The topological polar surface area (TPSA) is 74.5 Å². The largest absolute Gasteiger partial charge is 0.467 e. The van der Waals surface area contributed by atoms with Crippen LogP contribution in [0.1, 0.15) is 30.4 Å². The van der Waals surface area contributed by atoms with Crippen LogP contribution >= 0.6 is 11.6 Å². The average molecular weight is 327 g/mol. The minimum Gasteiger partial charge on any atom is -0.467 e. The van der Waals surface area contributed by atoms with Gasteiger partial charge in [0.1, 0.15) is 17.7 Å². The maximum atomic E-state index is 13.7. The molecule has 5 nitrogen and oxygen atoms in total. The van der Waals surface area contributed by atoms with Crippen LogP contribution in [0.3, 0.4) is 0 Å². The van der Waals surface area contributed by atoms with Crippen LogP contribution in [0.4, 0.5) is 9.18 Å². The van der Waals surface area contributed by atoms with E-state index in [1.165, 1.54) is 18.4 Å². The molecule has 2 aromatic rings. The van der Waals surface area contributed by atoms with E-state index in [1.54, 1.807) is 25.1 Å². The summed E-state index contributed by atoms with van der Waals surface area (Å²) >= 11 is 5.94. The van der Waals surface area contributed by atoms with E-state index in [1.807, 2.05) is 0 Å². The molecule has 0 saturated carbocycles. The van der Waals surface area contributed by atoms with Crippen LogP contribution < -0.4 is 10.6 Å². The van der Waals surface area contributed by atoms with Gasteiger partial charge in [-0.05, 0) is 31.2 Å². The van der Waals surface area contributed by atoms with Gasteiger partial charge in [0.2, 0.25) is 0 Å². The molecule has 1 aromatic carbocycles. The summed E-state index contributed by atoms with van der Waals surface area (Å²) in [5.41, 5.74) is 0.214. The Kier molecular flexibility index (Phi) is 5.41. The number of urea groups is 1. The Morgan fingerprint density at radius 2 is 2.18 bits per heavy atom. The molecule has 0 aliphatic carbocycles. The molecular formula is C15H16ClFN2O3. The van der Waals surface area contributed by atoms with E-state index >= 15 is 0 Å². The maximum absolute atomic E-state index is 13.7. The molecule has 2 rings (SSSR count). The second-order valence-corrected chi connectivity index (χ2v) is 5.15. The summed E-state index contributed by atoms with van der Waals surface area (Å²) in [4.78, 5) is 11.8. The third kappa shape index (κ3) is 3.99. The van der Waals surface area contributed by atoms with Crippen molar-refractivity contribution in [3.63, 3.8) is 0 Å². The van der Waals surface area contributed by atoms with Crippen molar-refractivity contribution in [3.8, 4) is 0 Å². The van der Waals surface area contributed by atoms with E-state index in [0.717, 1.165) is 0 Å². The number of rotatable bonds is 5. The number of carbonyl (C=O) groups is 1. The van der Waals surface area contributed by atoms with Gasteiger partial charge in [0.25, 0.3) is 0 Å². The fourth-order valence-corrected chi connectivity index (χ4v) is 2.34. The highest BCUT2D eigenvalue weighted by molar-refractivity contribution is 6.31. The molecule has 3 N–H and O–H groups in total. The van der Waals surface area contributed by atoms with E-state index in [9.17, 15) is 14.3 Å². The van der Waals surface area contributed by atoms with Gasteiger partial charge in [0, 0.05) is 10.6 Å². The lowest BCUT2D eigenvalue weighted by molar-refractivity contribution is 0.147. The molecule has 118 valence electrons. The Bertz CT molecular complexity index is 613. The van der Waals surface area contributed by atoms with Crippen molar-refractivity contribution in [2.75, 3.05) is 6.54 Å². The number of amides is 2. The van der Waals surface area contributed by atoms with E-state index in [2.05, 4.69) is 10.6 Å². The highest BCUT2D eigenvalue weighted by Gasteiger charge is 2.18. The number of furan rings is 1. The summed E-state index contributed by atoms with van der Waals surface area (Å²) in [5, 5.41) is 15.1. The molecule has 2 atom stereocenters. The van der Waals surface area contributed by atoms with Crippen LogP contribution in [-0.4, -0.2) is 17.7 Å². The number of carbonyl (C=O) groups excluding carboxylic acids is 1. The molecule has 0 aliphatic rings. The van der Waals surface area contributed by atoms with E-state index in [-0.39, 0.29) is 17.1 Å². The summed E-state index contributed by atoms with van der Waals surface area (Å²) in [6, 6.07) is 6.40. The number of benzene rings is 1. The van der Waals surface area contributed by atoms with Gasteiger partial charge in [-0.2, -0.15) is 0 Å². The summed E-state index contributed by atoms with van der Waals surface area (Å²) < 4.78 is 18.8. The zero-order valence-corrected chi connectivity index (χ0v) is 12.6. The third-order valence-corrected chi connectivity index (χ3v) is 3.44. The van der Waals surface area contributed by atoms with Crippen molar-refractivity contribution in [2.45, 2.75) is 19.1 Å². The number of aliphatic hydroxyl groups is 1. The van der Waals surface area contributed by atoms with Crippen molar-refractivity contribution in [3.05, 3.63) is 58.8 Å². The molecule has 0 saturated heterocycles. The standard InChI is InChI=1S/C15H16ClFN2O3/c1-9(14-10(16)4-2-5-11(14)17)19-15(21)18-8-12(20)13-6-3-7-22-13/h2-7,9,12,20H,8H2,1H3,(H2,18,19,21). The normalized spacial score (nSPS) is 13.5. The Hall–Kier alpha value is -2.05. The quantitative estimate of drug-likeness (QED) is 0.790. The molecule has 0 fully saturated rings. The fraction of sp³-hybridized carbons (Fsp3) is 0.267. The van der Waals surface area contributed by atoms with Crippen molar-refractivity contribution in [2.24, 2.45) is 0 Å². The number of halogens is 2. The first kappa shape index (κ1) is 16.3. The Labute approximate surface area is 132 Å². The smallest absolute Gasteiger partial charge is 0.315 e. The zero-order valence-electron chi connectivity index (χ0n) is 11.8. The van der Waals surface area contributed by atoms with Gasteiger partial charge in [-0.15, -0.1) is 0 Å². The van der Waals surface area contributed by atoms with E-state index in [4.69, 9.17) is 16.0 Å². The van der Waals surface area contributed by atoms with E-state index in [0.29, 0.717) is 5.76 Å². The minimum absolute atomic E-state index is 0.0307. The van der Waals surface area contributed by atoms with Gasteiger partial charge in [-0.25, -0.2) is 9.18 Å².